The first-order chi connectivity index (χ1) is 14.5. The van der Waals surface area contributed by atoms with Gasteiger partial charge in [0.05, 0.1) is 12.7 Å². The Balaban J connectivity index is 1.81. The van der Waals surface area contributed by atoms with Crippen molar-refractivity contribution < 1.29 is 13.5 Å². The van der Waals surface area contributed by atoms with E-state index in [9.17, 15) is 8.78 Å². The van der Waals surface area contributed by atoms with E-state index < -0.39 is 11.6 Å². The van der Waals surface area contributed by atoms with Crippen LogP contribution in [0, 0.1) is 42.2 Å². The van der Waals surface area contributed by atoms with Crippen LogP contribution in [0.25, 0.3) is 0 Å². The van der Waals surface area contributed by atoms with Crippen LogP contribution >= 0.6 is 0 Å². The normalized spacial score (nSPS) is 9.90. The summed E-state index contributed by atoms with van der Waals surface area (Å²) < 4.78 is 33.6. The van der Waals surface area contributed by atoms with Gasteiger partial charge in [-0.05, 0) is 79.1 Å². The number of halogens is 2. The lowest BCUT2D eigenvalue weighted by molar-refractivity contribution is 0.415. The molecule has 0 saturated carbocycles. The van der Waals surface area contributed by atoms with E-state index in [2.05, 4.69) is 23.7 Å². The summed E-state index contributed by atoms with van der Waals surface area (Å²) in [6.07, 6.45) is 1.47. The Morgan fingerprint density at radius 3 is 2.03 bits per heavy atom. The minimum atomic E-state index is -0.621. The van der Waals surface area contributed by atoms with Crippen LogP contribution in [0.2, 0.25) is 0 Å². The largest absolute Gasteiger partial charge is 0.497 e. The second-order valence-electron chi connectivity index (χ2n) is 6.94. The maximum absolute atomic E-state index is 14.2. The highest BCUT2D eigenvalue weighted by atomic mass is 19.1. The van der Waals surface area contributed by atoms with E-state index in [1.807, 2.05) is 50.2 Å². The SMILES string of the molecule is CCCc1cc(F)c(C#Cc2ccc(C#Cc3ccc(OC)cc3)c(C)c2)c(F)c1. The summed E-state index contributed by atoms with van der Waals surface area (Å²) >= 11 is 0. The van der Waals surface area contributed by atoms with E-state index in [-0.39, 0.29) is 5.56 Å². The zero-order valence-electron chi connectivity index (χ0n) is 17.3. The molecule has 0 aliphatic heterocycles. The minimum Gasteiger partial charge on any atom is -0.497 e. The zero-order valence-corrected chi connectivity index (χ0v) is 17.3. The summed E-state index contributed by atoms with van der Waals surface area (Å²) in [4.78, 5) is 0. The van der Waals surface area contributed by atoms with Gasteiger partial charge in [-0.2, -0.15) is 0 Å². The fourth-order valence-corrected chi connectivity index (χ4v) is 3.01. The lowest BCUT2D eigenvalue weighted by atomic mass is 10.0. The van der Waals surface area contributed by atoms with Crippen molar-refractivity contribution >= 4 is 0 Å². The Morgan fingerprint density at radius 1 is 0.800 bits per heavy atom. The number of aryl methyl sites for hydroxylation is 2. The van der Waals surface area contributed by atoms with Crippen molar-refractivity contribution in [1.29, 1.82) is 0 Å². The number of ether oxygens (including phenoxy) is 1. The number of hydrogen-bond acceptors (Lipinski definition) is 1. The molecule has 0 aliphatic carbocycles. The molecule has 3 aromatic carbocycles. The molecular weight excluding hydrogens is 378 g/mol. The second-order valence-corrected chi connectivity index (χ2v) is 6.94. The van der Waals surface area contributed by atoms with Crippen molar-refractivity contribution in [2.75, 3.05) is 7.11 Å². The third-order valence-corrected chi connectivity index (χ3v) is 4.63. The summed E-state index contributed by atoms with van der Waals surface area (Å²) in [5.41, 5.74) is 3.83. The molecular formula is C27H22F2O. The van der Waals surface area contributed by atoms with E-state index in [0.717, 1.165) is 28.9 Å². The summed E-state index contributed by atoms with van der Waals surface area (Å²) in [7, 11) is 1.62. The van der Waals surface area contributed by atoms with E-state index in [4.69, 9.17) is 4.74 Å². The quantitative estimate of drug-likeness (QED) is 0.488. The smallest absolute Gasteiger partial charge is 0.142 e. The van der Waals surface area contributed by atoms with Crippen molar-refractivity contribution in [3.63, 3.8) is 0 Å². The molecule has 1 nitrogen and oxygen atoms in total. The average molecular weight is 400 g/mol. The van der Waals surface area contributed by atoms with Gasteiger partial charge in [-0.1, -0.05) is 37.0 Å². The molecule has 0 bridgehead atoms. The molecule has 0 amide bonds. The van der Waals surface area contributed by atoms with Crippen LogP contribution in [0.15, 0.2) is 54.6 Å². The van der Waals surface area contributed by atoms with E-state index in [1.54, 1.807) is 13.2 Å². The molecule has 0 aromatic heterocycles. The molecule has 0 aliphatic rings. The molecule has 0 atom stereocenters. The number of benzene rings is 3. The molecule has 150 valence electrons. The van der Waals surface area contributed by atoms with Gasteiger partial charge < -0.3 is 4.74 Å². The van der Waals surface area contributed by atoms with E-state index >= 15 is 0 Å². The molecule has 3 rings (SSSR count). The van der Waals surface area contributed by atoms with Crippen molar-refractivity contribution in [3.8, 4) is 29.4 Å². The van der Waals surface area contributed by atoms with Gasteiger partial charge in [-0.3, -0.25) is 0 Å². The fraction of sp³-hybridized carbons (Fsp3) is 0.185. The topological polar surface area (TPSA) is 9.23 Å². The summed E-state index contributed by atoms with van der Waals surface area (Å²) in [5, 5.41) is 0. The van der Waals surface area contributed by atoms with Crippen LogP contribution in [-0.2, 0) is 6.42 Å². The second kappa shape index (κ2) is 9.77. The van der Waals surface area contributed by atoms with Crippen molar-refractivity contribution in [2.45, 2.75) is 26.7 Å². The lowest BCUT2D eigenvalue weighted by Gasteiger charge is -2.03. The summed E-state index contributed by atoms with van der Waals surface area (Å²) in [6, 6.07) is 15.8. The predicted molar refractivity (Wildman–Crippen MR) is 116 cm³/mol. The first-order valence-corrected chi connectivity index (χ1v) is 9.77. The molecule has 3 heteroatoms. The van der Waals surface area contributed by atoms with Crippen LogP contribution in [0.4, 0.5) is 8.78 Å². The Kier molecular flexibility index (Phi) is 6.89. The molecule has 3 aromatic rings. The Bertz CT molecular complexity index is 1150. The monoisotopic (exact) mass is 400 g/mol. The number of methoxy groups -OCH3 is 1. The average Bonchev–Trinajstić information content (AvgIpc) is 2.73. The van der Waals surface area contributed by atoms with Crippen molar-refractivity contribution in [2.24, 2.45) is 0 Å². The van der Waals surface area contributed by atoms with Gasteiger partial charge in [0, 0.05) is 16.7 Å². The van der Waals surface area contributed by atoms with Gasteiger partial charge in [0.25, 0.3) is 0 Å². The third-order valence-electron chi connectivity index (χ3n) is 4.63. The molecule has 0 heterocycles. The molecule has 0 radical (unpaired) electrons. The molecule has 0 N–H and O–H groups in total. The zero-order chi connectivity index (χ0) is 21.5. The Morgan fingerprint density at radius 2 is 1.43 bits per heavy atom. The third kappa shape index (κ3) is 5.28. The van der Waals surface area contributed by atoms with Gasteiger partial charge in [-0.15, -0.1) is 0 Å². The highest BCUT2D eigenvalue weighted by Crippen LogP contribution is 2.17. The predicted octanol–water partition coefficient (Wildman–Crippen LogP) is 6.03. The molecule has 0 spiro atoms. The van der Waals surface area contributed by atoms with Gasteiger partial charge in [0.2, 0.25) is 0 Å². The van der Waals surface area contributed by atoms with Crippen molar-refractivity contribution in [3.05, 3.63) is 99.6 Å². The molecule has 0 unspecified atom stereocenters. The van der Waals surface area contributed by atoms with Gasteiger partial charge in [-0.25, -0.2) is 8.78 Å². The fourth-order valence-electron chi connectivity index (χ4n) is 3.01. The van der Waals surface area contributed by atoms with Gasteiger partial charge in [0.1, 0.15) is 17.4 Å². The first-order valence-electron chi connectivity index (χ1n) is 9.77. The maximum atomic E-state index is 14.2. The highest BCUT2D eigenvalue weighted by molar-refractivity contribution is 5.52. The van der Waals surface area contributed by atoms with Crippen LogP contribution in [0.3, 0.4) is 0 Å². The Hall–Kier alpha value is -3.56. The van der Waals surface area contributed by atoms with Crippen molar-refractivity contribution in [1.82, 2.24) is 0 Å². The van der Waals surface area contributed by atoms with E-state index in [1.165, 1.54) is 12.1 Å². The van der Waals surface area contributed by atoms with Crippen LogP contribution in [0.5, 0.6) is 5.75 Å². The highest BCUT2D eigenvalue weighted by Gasteiger charge is 2.09. The van der Waals surface area contributed by atoms with Gasteiger partial charge >= 0.3 is 0 Å². The molecule has 0 fully saturated rings. The van der Waals surface area contributed by atoms with Crippen LogP contribution in [-0.4, -0.2) is 7.11 Å². The Labute approximate surface area is 176 Å². The number of rotatable bonds is 3. The van der Waals surface area contributed by atoms with E-state index in [0.29, 0.717) is 17.5 Å². The lowest BCUT2D eigenvalue weighted by Crippen LogP contribution is -1.95. The molecule has 30 heavy (non-hydrogen) atoms. The standard InChI is InChI=1S/C27H22F2O/c1-4-5-22-17-26(28)25(27(29)18-22)15-10-21-7-12-23(19(2)16-21)11-6-20-8-13-24(30-3)14-9-20/h7-9,12-14,16-18H,4-5H2,1-3H3. The summed E-state index contributed by atoms with van der Waals surface area (Å²) in [6.45, 7) is 3.90. The summed E-state index contributed by atoms with van der Waals surface area (Å²) in [5.74, 6) is 11.3. The van der Waals surface area contributed by atoms with Crippen LogP contribution in [0.1, 0.15) is 46.7 Å². The molecule has 0 saturated heterocycles. The minimum absolute atomic E-state index is 0.198. The first kappa shape index (κ1) is 21.2. The van der Waals surface area contributed by atoms with Gasteiger partial charge in [0.15, 0.2) is 0 Å². The maximum Gasteiger partial charge on any atom is 0.142 e. The van der Waals surface area contributed by atoms with Crippen LogP contribution < -0.4 is 4.74 Å². The number of hydrogen-bond donors (Lipinski definition) is 0.